The van der Waals surface area contributed by atoms with Crippen LogP contribution in [-0.4, -0.2) is 35.9 Å². The van der Waals surface area contributed by atoms with Crippen LogP contribution in [0.25, 0.3) is 0 Å². The predicted molar refractivity (Wildman–Crippen MR) is 96.1 cm³/mol. The maximum absolute atomic E-state index is 10.6. The van der Waals surface area contributed by atoms with Gasteiger partial charge in [-0.25, -0.2) is 9.78 Å². The first-order valence-electron chi connectivity index (χ1n) is 7.81. The Morgan fingerprint density at radius 1 is 1.32 bits per heavy atom. The van der Waals surface area contributed by atoms with Crippen molar-refractivity contribution in [3.63, 3.8) is 0 Å². The fourth-order valence-electron chi connectivity index (χ4n) is 2.17. The van der Waals surface area contributed by atoms with Crippen LogP contribution in [0.4, 0.5) is 0 Å². The molecule has 0 aliphatic rings. The Morgan fingerprint density at radius 2 is 2.12 bits per heavy atom. The molecule has 1 aromatic heterocycles. The number of halogens is 1. The summed E-state index contributed by atoms with van der Waals surface area (Å²) in [6, 6.07) is 10.9. The maximum atomic E-state index is 10.6. The molecule has 0 saturated heterocycles. The van der Waals surface area contributed by atoms with E-state index in [1.807, 2.05) is 32.0 Å². The average Bonchev–Trinajstić information content (AvgIpc) is 2.57. The lowest BCUT2D eigenvalue weighted by Gasteiger charge is -2.19. The molecule has 0 aliphatic carbocycles. The Bertz CT molecular complexity index is 722. The van der Waals surface area contributed by atoms with E-state index in [-0.39, 0.29) is 12.7 Å². The Hall–Kier alpha value is -2.12. The molecule has 1 N–H and O–H groups in total. The van der Waals surface area contributed by atoms with Crippen LogP contribution < -0.4 is 9.47 Å². The van der Waals surface area contributed by atoms with Crippen molar-refractivity contribution in [3.8, 4) is 11.5 Å². The molecule has 6 nitrogen and oxygen atoms in total. The van der Waals surface area contributed by atoms with E-state index in [9.17, 15) is 4.79 Å². The molecule has 25 heavy (non-hydrogen) atoms. The smallest absolute Gasteiger partial charge is 0.341 e. The van der Waals surface area contributed by atoms with Gasteiger partial charge < -0.3 is 19.3 Å². The third kappa shape index (κ3) is 6.03. The lowest BCUT2D eigenvalue weighted by Crippen LogP contribution is -2.16. The van der Waals surface area contributed by atoms with Crippen LogP contribution in [0.1, 0.15) is 24.3 Å². The number of carboxylic acid groups (broad SMARTS) is 1. The van der Waals surface area contributed by atoms with Crippen LogP contribution in [0.5, 0.6) is 11.5 Å². The van der Waals surface area contributed by atoms with Gasteiger partial charge in [-0.1, -0.05) is 6.07 Å². The molecule has 0 radical (unpaired) electrons. The minimum Gasteiger partial charge on any atom is -0.482 e. The van der Waals surface area contributed by atoms with Gasteiger partial charge in [0, 0.05) is 6.61 Å². The highest BCUT2D eigenvalue weighted by Gasteiger charge is 2.16. The summed E-state index contributed by atoms with van der Waals surface area (Å²) in [5, 5.41) is 8.70. The molecule has 2 aromatic rings. The number of hydrogen-bond donors (Lipinski definition) is 1. The van der Waals surface area contributed by atoms with Gasteiger partial charge in [-0.2, -0.15) is 0 Å². The van der Waals surface area contributed by atoms with Crippen molar-refractivity contribution < 1.29 is 24.1 Å². The molecule has 1 heterocycles. The minimum absolute atomic E-state index is 0.359. The molecule has 1 aromatic carbocycles. The fourth-order valence-corrected chi connectivity index (χ4v) is 2.53. The van der Waals surface area contributed by atoms with Gasteiger partial charge in [-0.15, -0.1) is 0 Å². The normalized spacial score (nSPS) is 11.8. The molecule has 0 fully saturated rings. The summed E-state index contributed by atoms with van der Waals surface area (Å²) in [6.07, 6.45) is -0.359. The molecule has 1 atom stereocenters. The topological polar surface area (TPSA) is 77.9 Å². The van der Waals surface area contributed by atoms with Gasteiger partial charge in [0.25, 0.3) is 0 Å². The first-order valence-corrected chi connectivity index (χ1v) is 8.61. The van der Waals surface area contributed by atoms with Gasteiger partial charge in [0.05, 0.1) is 12.3 Å². The SMILES string of the molecule is CCOCC(Oc1ccc(OCC(=O)O)c(C)c1)c1cccc(Br)n1. The van der Waals surface area contributed by atoms with Gasteiger partial charge in [0.15, 0.2) is 12.7 Å². The van der Waals surface area contributed by atoms with Crippen LogP contribution >= 0.6 is 15.9 Å². The van der Waals surface area contributed by atoms with E-state index >= 15 is 0 Å². The number of pyridine rings is 1. The van der Waals surface area contributed by atoms with E-state index < -0.39 is 5.97 Å². The summed E-state index contributed by atoms with van der Waals surface area (Å²) in [7, 11) is 0. The van der Waals surface area contributed by atoms with Crippen LogP contribution in [0.3, 0.4) is 0 Å². The first-order chi connectivity index (χ1) is 12.0. The van der Waals surface area contributed by atoms with Gasteiger partial charge in [0.1, 0.15) is 16.1 Å². The van der Waals surface area contributed by atoms with Crippen LogP contribution in [-0.2, 0) is 9.53 Å². The summed E-state index contributed by atoms with van der Waals surface area (Å²) >= 11 is 3.36. The zero-order valence-corrected chi connectivity index (χ0v) is 15.7. The van der Waals surface area contributed by atoms with Crippen molar-refractivity contribution in [2.24, 2.45) is 0 Å². The number of rotatable bonds is 9. The summed E-state index contributed by atoms with van der Waals surface area (Å²) in [6.45, 7) is 4.32. The number of aryl methyl sites for hydroxylation is 1. The van der Waals surface area contributed by atoms with Crippen molar-refractivity contribution >= 4 is 21.9 Å². The standard InChI is InChI=1S/C18H20BrNO5/c1-3-23-10-16(14-5-4-6-17(19)20-14)25-13-7-8-15(12(2)9-13)24-11-18(21)22/h4-9,16H,3,10-11H2,1-2H3,(H,21,22). The molecular formula is C18H20BrNO5. The van der Waals surface area contributed by atoms with Gasteiger partial charge in [-0.3, -0.25) is 0 Å². The quantitative estimate of drug-likeness (QED) is 0.635. The van der Waals surface area contributed by atoms with Crippen molar-refractivity contribution in [1.29, 1.82) is 0 Å². The zero-order chi connectivity index (χ0) is 18.2. The van der Waals surface area contributed by atoms with Gasteiger partial charge in [-0.05, 0) is 65.7 Å². The molecule has 1 unspecified atom stereocenters. The highest BCUT2D eigenvalue weighted by molar-refractivity contribution is 9.10. The van der Waals surface area contributed by atoms with E-state index in [0.717, 1.165) is 15.9 Å². The van der Waals surface area contributed by atoms with Crippen molar-refractivity contribution in [1.82, 2.24) is 4.98 Å². The number of carbonyl (C=O) groups is 1. The molecule has 0 amide bonds. The van der Waals surface area contributed by atoms with Gasteiger partial charge in [0.2, 0.25) is 0 Å². The molecule has 0 spiro atoms. The second-order valence-corrected chi connectivity index (χ2v) is 6.07. The highest BCUT2D eigenvalue weighted by atomic mass is 79.9. The second-order valence-electron chi connectivity index (χ2n) is 5.26. The molecule has 134 valence electrons. The molecule has 0 aliphatic heterocycles. The third-order valence-electron chi connectivity index (χ3n) is 3.32. The van der Waals surface area contributed by atoms with Gasteiger partial charge >= 0.3 is 5.97 Å². The van der Waals surface area contributed by atoms with E-state index in [1.54, 1.807) is 18.2 Å². The van der Waals surface area contributed by atoms with Crippen molar-refractivity contribution in [3.05, 3.63) is 52.3 Å². The van der Waals surface area contributed by atoms with Crippen LogP contribution in [0, 0.1) is 6.92 Å². The molecule has 0 bridgehead atoms. The molecule has 2 rings (SSSR count). The number of hydrogen-bond acceptors (Lipinski definition) is 5. The van der Waals surface area contributed by atoms with E-state index in [1.165, 1.54) is 0 Å². The minimum atomic E-state index is -1.02. The first kappa shape index (κ1) is 19.2. The Labute approximate surface area is 154 Å². The number of carboxylic acids is 1. The molecule has 0 saturated carbocycles. The lowest BCUT2D eigenvalue weighted by atomic mass is 10.2. The second kappa shape index (κ2) is 9.39. The number of nitrogens with zero attached hydrogens (tertiary/aromatic N) is 1. The van der Waals surface area contributed by atoms with Crippen molar-refractivity contribution in [2.45, 2.75) is 20.0 Å². The number of ether oxygens (including phenoxy) is 3. The molecule has 7 heteroatoms. The summed E-state index contributed by atoms with van der Waals surface area (Å²) in [4.78, 5) is 15.0. The van der Waals surface area contributed by atoms with E-state index in [2.05, 4.69) is 20.9 Å². The zero-order valence-electron chi connectivity index (χ0n) is 14.1. The van der Waals surface area contributed by atoms with Crippen molar-refractivity contribution in [2.75, 3.05) is 19.8 Å². The lowest BCUT2D eigenvalue weighted by molar-refractivity contribution is -0.139. The number of benzene rings is 1. The van der Waals surface area contributed by atoms with E-state index in [4.69, 9.17) is 19.3 Å². The van der Waals surface area contributed by atoms with Crippen LogP contribution in [0.2, 0.25) is 0 Å². The summed E-state index contributed by atoms with van der Waals surface area (Å²) in [5.74, 6) is 0.126. The highest BCUT2D eigenvalue weighted by Crippen LogP contribution is 2.27. The monoisotopic (exact) mass is 409 g/mol. The Kier molecular flexibility index (Phi) is 7.21. The predicted octanol–water partition coefficient (Wildman–Crippen LogP) is 3.77. The Balaban J connectivity index is 2.15. The van der Waals surface area contributed by atoms with Crippen LogP contribution in [0.15, 0.2) is 41.0 Å². The summed E-state index contributed by atoms with van der Waals surface area (Å²) < 4.78 is 17.5. The number of aromatic nitrogens is 1. The number of aliphatic carboxylic acids is 1. The fraction of sp³-hybridized carbons (Fsp3) is 0.333. The largest absolute Gasteiger partial charge is 0.482 e. The maximum Gasteiger partial charge on any atom is 0.341 e. The molecular weight excluding hydrogens is 390 g/mol. The average molecular weight is 410 g/mol. The van der Waals surface area contributed by atoms with E-state index in [0.29, 0.717) is 24.7 Å². The summed E-state index contributed by atoms with van der Waals surface area (Å²) in [5.41, 5.74) is 1.54. The Morgan fingerprint density at radius 3 is 2.76 bits per heavy atom. The third-order valence-corrected chi connectivity index (χ3v) is 3.76.